The van der Waals surface area contributed by atoms with E-state index in [1.54, 1.807) is 6.08 Å². The molecule has 2 unspecified atom stereocenters. The topological polar surface area (TPSA) is 69.6 Å². The zero-order valence-corrected chi connectivity index (χ0v) is 47.5. The van der Waals surface area contributed by atoms with Crippen molar-refractivity contribution in [1.29, 1.82) is 0 Å². The summed E-state index contributed by atoms with van der Waals surface area (Å²) in [6, 6.07) is -0.625. The first-order valence-electron chi connectivity index (χ1n) is 31.3. The molecule has 0 saturated heterocycles. The third kappa shape index (κ3) is 58.3. The van der Waals surface area contributed by atoms with Crippen molar-refractivity contribution in [3.8, 4) is 0 Å². The molecular formula is C67H121NO3. The van der Waals surface area contributed by atoms with Crippen molar-refractivity contribution in [1.82, 2.24) is 5.32 Å². The Balaban J connectivity index is 3.48. The number of nitrogens with one attached hydrogen (secondary N) is 1. The molecular weight excluding hydrogens is 867 g/mol. The Morgan fingerprint density at radius 3 is 0.930 bits per heavy atom. The van der Waals surface area contributed by atoms with Crippen LogP contribution in [0.2, 0.25) is 0 Å². The number of carbonyl (C=O) groups excluding carboxylic acids is 1. The molecule has 0 aromatic rings. The van der Waals surface area contributed by atoms with Gasteiger partial charge in [0.1, 0.15) is 0 Å². The minimum Gasteiger partial charge on any atom is -0.394 e. The molecule has 4 heteroatoms. The van der Waals surface area contributed by atoms with E-state index in [2.05, 4.69) is 92.1 Å². The van der Waals surface area contributed by atoms with Crippen LogP contribution in [0.25, 0.3) is 0 Å². The molecule has 0 radical (unpaired) electrons. The van der Waals surface area contributed by atoms with Gasteiger partial charge in [0, 0.05) is 6.42 Å². The predicted molar refractivity (Wildman–Crippen MR) is 317 cm³/mol. The van der Waals surface area contributed by atoms with E-state index in [1.165, 1.54) is 231 Å². The van der Waals surface area contributed by atoms with Crippen LogP contribution in [0, 0.1) is 0 Å². The van der Waals surface area contributed by atoms with Crippen molar-refractivity contribution in [3.63, 3.8) is 0 Å². The molecule has 71 heavy (non-hydrogen) atoms. The van der Waals surface area contributed by atoms with Gasteiger partial charge in [-0.05, 0) is 70.6 Å². The number of hydrogen-bond acceptors (Lipinski definition) is 3. The summed E-state index contributed by atoms with van der Waals surface area (Å²) in [6.07, 6.45) is 90.6. The van der Waals surface area contributed by atoms with Gasteiger partial charge in [0.05, 0.1) is 18.8 Å². The van der Waals surface area contributed by atoms with Crippen LogP contribution >= 0.6 is 0 Å². The third-order valence-corrected chi connectivity index (χ3v) is 14.1. The van der Waals surface area contributed by atoms with E-state index >= 15 is 0 Å². The standard InChI is InChI=1S/C67H121NO3/c1-3-5-7-9-11-13-15-17-19-21-23-25-27-28-29-30-31-32-33-34-35-36-37-38-39-40-41-43-45-47-49-51-53-55-57-59-61-63-67(71)68-65(64-69)66(70)62-60-58-56-54-52-50-48-46-44-42-26-24-22-20-18-16-14-12-10-8-6-4-2/h5,7,11,13,17,19,23,25,28-29,31-32,60,62,65-66,69-70H,3-4,6,8-10,12,14-16,18,20-22,24,26-27,30,33-59,61,63-64H2,1-2H3,(H,68,71)/b7-5-,13-11-,19-17-,25-23-,29-28-,32-31-,62-60+. The summed E-state index contributed by atoms with van der Waals surface area (Å²) < 4.78 is 0. The molecule has 0 heterocycles. The number of carbonyl (C=O) groups is 1. The van der Waals surface area contributed by atoms with Crippen molar-refractivity contribution in [2.45, 2.75) is 328 Å². The van der Waals surface area contributed by atoms with Crippen LogP contribution in [0.15, 0.2) is 85.1 Å². The molecule has 0 rings (SSSR count). The van der Waals surface area contributed by atoms with Gasteiger partial charge < -0.3 is 15.5 Å². The summed E-state index contributed by atoms with van der Waals surface area (Å²) in [4.78, 5) is 12.5. The summed E-state index contributed by atoms with van der Waals surface area (Å²) in [5.41, 5.74) is 0. The Labute approximate surface area is 443 Å². The molecule has 0 aliphatic carbocycles. The van der Waals surface area contributed by atoms with Crippen LogP contribution in [0.3, 0.4) is 0 Å². The first kappa shape index (κ1) is 68.6. The molecule has 0 aromatic carbocycles. The first-order valence-corrected chi connectivity index (χ1v) is 31.3. The molecule has 0 aliphatic rings. The van der Waals surface area contributed by atoms with E-state index in [0.717, 1.165) is 64.2 Å². The average molecular weight is 989 g/mol. The lowest BCUT2D eigenvalue weighted by molar-refractivity contribution is -0.123. The second-order valence-corrected chi connectivity index (χ2v) is 21.1. The van der Waals surface area contributed by atoms with Crippen molar-refractivity contribution < 1.29 is 15.0 Å². The Morgan fingerprint density at radius 1 is 0.352 bits per heavy atom. The summed E-state index contributed by atoms with van der Waals surface area (Å²) in [5.74, 6) is -0.0611. The molecule has 0 spiro atoms. The Hall–Kier alpha value is -2.43. The highest BCUT2D eigenvalue weighted by Gasteiger charge is 2.18. The number of aliphatic hydroxyl groups is 2. The monoisotopic (exact) mass is 988 g/mol. The predicted octanol–water partition coefficient (Wildman–Crippen LogP) is 21.1. The lowest BCUT2D eigenvalue weighted by Crippen LogP contribution is -2.45. The number of unbranched alkanes of at least 4 members (excludes halogenated alkanes) is 38. The van der Waals surface area contributed by atoms with Crippen LogP contribution in [0.4, 0.5) is 0 Å². The molecule has 1 amide bonds. The van der Waals surface area contributed by atoms with E-state index in [0.29, 0.717) is 6.42 Å². The van der Waals surface area contributed by atoms with Crippen LogP contribution < -0.4 is 5.32 Å². The van der Waals surface area contributed by atoms with Gasteiger partial charge in [0.2, 0.25) is 5.91 Å². The van der Waals surface area contributed by atoms with Gasteiger partial charge in [0.25, 0.3) is 0 Å². The number of rotatable bonds is 57. The quantitative estimate of drug-likeness (QED) is 0.0420. The van der Waals surface area contributed by atoms with E-state index in [4.69, 9.17) is 0 Å². The fourth-order valence-electron chi connectivity index (χ4n) is 9.42. The number of amides is 1. The lowest BCUT2D eigenvalue weighted by Gasteiger charge is -2.20. The van der Waals surface area contributed by atoms with Crippen LogP contribution in [0.1, 0.15) is 316 Å². The maximum Gasteiger partial charge on any atom is 0.220 e. The Morgan fingerprint density at radius 2 is 0.620 bits per heavy atom. The van der Waals surface area contributed by atoms with Gasteiger partial charge in [0.15, 0.2) is 0 Å². The minimum absolute atomic E-state index is 0.0611. The van der Waals surface area contributed by atoms with Gasteiger partial charge in [-0.3, -0.25) is 4.79 Å². The Kier molecular flexibility index (Phi) is 59.8. The zero-order valence-electron chi connectivity index (χ0n) is 47.5. The van der Waals surface area contributed by atoms with Crippen molar-refractivity contribution in [2.75, 3.05) is 6.61 Å². The first-order chi connectivity index (χ1) is 35.2. The lowest BCUT2D eigenvalue weighted by atomic mass is 10.0. The highest BCUT2D eigenvalue weighted by Crippen LogP contribution is 2.17. The van der Waals surface area contributed by atoms with Gasteiger partial charge in [-0.15, -0.1) is 0 Å². The Bertz CT molecular complexity index is 1260. The highest BCUT2D eigenvalue weighted by molar-refractivity contribution is 5.76. The fourth-order valence-corrected chi connectivity index (χ4v) is 9.42. The van der Waals surface area contributed by atoms with Crippen LogP contribution in [-0.2, 0) is 4.79 Å². The fraction of sp³-hybridized carbons (Fsp3) is 0.776. The largest absolute Gasteiger partial charge is 0.394 e. The molecule has 0 saturated carbocycles. The van der Waals surface area contributed by atoms with Crippen molar-refractivity contribution in [3.05, 3.63) is 85.1 Å². The summed E-state index contributed by atoms with van der Waals surface area (Å²) in [6.45, 7) is 4.22. The van der Waals surface area contributed by atoms with Gasteiger partial charge in [-0.2, -0.15) is 0 Å². The molecule has 2 atom stereocenters. The maximum absolute atomic E-state index is 12.5. The summed E-state index contributed by atoms with van der Waals surface area (Å²) in [7, 11) is 0. The average Bonchev–Trinajstić information content (AvgIpc) is 3.37. The molecule has 0 aromatic heterocycles. The molecule has 412 valence electrons. The van der Waals surface area contributed by atoms with Crippen molar-refractivity contribution >= 4 is 5.91 Å². The van der Waals surface area contributed by atoms with Crippen LogP contribution in [-0.4, -0.2) is 34.9 Å². The minimum atomic E-state index is -0.842. The number of hydrogen-bond donors (Lipinski definition) is 3. The molecule has 0 bridgehead atoms. The second kappa shape index (κ2) is 61.9. The maximum atomic E-state index is 12.5. The molecule has 0 fully saturated rings. The van der Waals surface area contributed by atoms with Gasteiger partial charge in [-0.25, -0.2) is 0 Å². The van der Waals surface area contributed by atoms with E-state index < -0.39 is 12.1 Å². The highest BCUT2D eigenvalue weighted by atomic mass is 16.3. The summed E-state index contributed by atoms with van der Waals surface area (Å²) in [5, 5.41) is 23.2. The van der Waals surface area contributed by atoms with E-state index in [-0.39, 0.29) is 12.5 Å². The van der Waals surface area contributed by atoms with Gasteiger partial charge in [-0.1, -0.05) is 324 Å². The van der Waals surface area contributed by atoms with E-state index in [1.807, 2.05) is 6.08 Å². The van der Waals surface area contributed by atoms with Crippen molar-refractivity contribution in [2.24, 2.45) is 0 Å². The van der Waals surface area contributed by atoms with Crippen LogP contribution in [0.5, 0.6) is 0 Å². The van der Waals surface area contributed by atoms with E-state index in [9.17, 15) is 15.0 Å². The summed E-state index contributed by atoms with van der Waals surface area (Å²) >= 11 is 0. The second-order valence-electron chi connectivity index (χ2n) is 21.1. The number of allylic oxidation sites excluding steroid dienone is 13. The molecule has 4 nitrogen and oxygen atoms in total. The zero-order chi connectivity index (χ0) is 51.3. The normalized spacial score (nSPS) is 13.4. The molecule has 3 N–H and O–H groups in total. The smallest absolute Gasteiger partial charge is 0.220 e. The third-order valence-electron chi connectivity index (χ3n) is 14.1. The van der Waals surface area contributed by atoms with Gasteiger partial charge >= 0.3 is 0 Å². The molecule has 0 aliphatic heterocycles. The number of aliphatic hydroxyl groups excluding tert-OH is 2. The SMILES string of the molecule is CC/C=C\C/C=C\C/C=C\C/C=C\C/C=C\C/C=C\CCCCCCCCCCCCCCCCCCCCC(=O)NC(CO)C(O)/C=C/CCCCCCCCCCCCCCCCCCCCCC.